The van der Waals surface area contributed by atoms with Gasteiger partial charge in [-0.3, -0.25) is 0 Å². The molecule has 0 spiro atoms. The summed E-state index contributed by atoms with van der Waals surface area (Å²) in [7, 11) is 0. The number of thiophene rings is 1. The van der Waals surface area contributed by atoms with E-state index in [1.165, 1.54) is 17.4 Å². The molecule has 0 aliphatic rings. The largest absolute Gasteiger partial charge is 0.376 e. The zero-order chi connectivity index (χ0) is 13.3. The van der Waals surface area contributed by atoms with Gasteiger partial charge in [0.25, 0.3) is 0 Å². The average Bonchev–Trinajstić information content (AvgIpc) is 2.62. The smallest absolute Gasteiger partial charge is 0.147 e. The molecule has 1 unspecified atom stereocenters. The van der Waals surface area contributed by atoms with Crippen molar-refractivity contribution in [2.45, 2.75) is 13.0 Å². The minimum absolute atomic E-state index is 0.142. The maximum absolute atomic E-state index is 13.6. The Kier molecular flexibility index (Phi) is 4.38. The van der Waals surface area contributed by atoms with Crippen LogP contribution in [0.4, 0.5) is 10.1 Å². The van der Waals surface area contributed by atoms with Crippen LogP contribution in [-0.2, 0) is 0 Å². The summed E-state index contributed by atoms with van der Waals surface area (Å²) in [5.41, 5.74) is 1.23. The van der Waals surface area contributed by atoms with Gasteiger partial charge in [0.2, 0.25) is 0 Å². The van der Waals surface area contributed by atoms with Gasteiger partial charge in [0, 0.05) is 10.6 Å². The summed E-state index contributed by atoms with van der Waals surface area (Å²) in [6.07, 6.45) is 0. The summed E-state index contributed by atoms with van der Waals surface area (Å²) >= 11 is 18.9. The van der Waals surface area contributed by atoms with Gasteiger partial charge in [-0.1, -0.05) is 34.8 Å². The third kappa shape index (κ3) is 3.09. The molecule has 1 atom stereocenters. The van der Waals surface area contributed by atoms with Gasteiger partial charge in [0.15, 0.2) is 0 Å². The summed E-state index contributed by atoms with van der Waals surface area (Å²) in [5.74, 6) is -0.396. The molecule has 0 aliphatic carbocycles. The van der Waals surface area contributed by atoms with Crippen molar-refractivity contribution in [3.63, 3.8) is 0 Å². The van der Waals surface area contributed by atoms with Gasteiger partial charge in [-0.15, -0.1) is 11.3 Å². The minimum Gasteiger partial charge on any atom is -0.376 e. The van der Waals surface area contributed by atoms with Crippen LogP contribution in [0.5, 0.6) is 0 Å². The molecule has 0 radical (unpaired) electrons. The van der Waals surface area contributed by atoms with Crippen LogP contribution in [0.3, 0.4) is 0 Å². The Labute approximate surface area is 123 Å². The van der Waals surface area contributed by atoms with E-state index in [4.69, 9.17) is 34.8 Å². The lowest BCUT2D eigenvalue weighted by molar-refractivity contribution is 0.627. The van der Waals surface area contributed by atoms with Crippen LogP contribution in [0.15, 0.2) is 24.3 Å². The number of hydrogen-bond donors (Lipinski definition) is 1. The standard InChI is InChI=1S/C12H9Cl3FNS/c1-6(8-5-11(14)18-12(8)15)17-10-3-2-7(13)4-9(10)16/h2-6,17H,1H3. The van der Waals surface area contributed by atoms with Crippen molar-refractivity contribution < 1.29 is 4.39 Å². The molecular weight excluding hydrogens is 316 g/mol. The number of nitrogens with one attached hydrogen (secondary N) is 1. The van der Waals surface area contributed by atoms with Crippen molar-refractivity contribution in [3.8, 4) is 0 Å². The first-order chi connectivity index (χ1) is 8.47. The van der Waals surface area contributed by atoms with Gasteiger partial charge in [0.05, 0.1) is 20.4 Å². The van der Waals surface area contributed by atoms with Crippen LogP contribution in [0, 0.1) is 5.82 Å². The summed E-state index contributed by atoms with van der Waals surface area (Å²) in [6, 6.07) is 6.12. The van der Waals surface area contributed by atoms with Gasteiger partial charge < -0.3 is 5.32 Å². The molecule has 1 aromatic carbocycles. The first-order valence-electron chi connectivity index (χ1n) is 5.13. The molecule has 0 bridgehead atoms. The van der Waals surface area contributed by atoms with E-state index in [1.54, 1.807) is 18.2 Å². The Morgan fingerprint density at radius 3 is 2.50 bits per heavy atom. The monoisotopic (exact) mass is 323 g/mol. The van der Waals surface area contributed by atoms with E-state index >= 15 is 0 Å². The van der Waals surface area contributed by atoms with E-state index in [9.17, 15) is 4.39 Å². The molecule has 0 aliphatic heterocycles. The van der Waals surface area contributed by atoms with Crippen molar-refractivity contribution in [2.75, 3.05) is 5.32 Å². The van der Waals surface area contributed by atoms with Gasteiger partial charge in [-0.2, -0.15) is 0 Å². The second-order valence-electron chi connectivity index (χ2n) is 3.77. The molecule has 1 N–H and O–H groups in total. The number of hydrogen-bond acceptors (Lipinski definition) is 2. The van der Waals surface area contributed by atoms with Crippen LogP contribution in [0.1, 0.15) is 18.5 Å². The average molecular weight is 325 g/mol. The zero-order valence-corrected chi connectivity index (χ0v) is 12.4. The quantitative estimate of drug-likeness (QED) is 0.728. The van der Waals surface area contributed by atoms with Crippen molar-refractivity contribution in [2.24, 2.45) is 0 Å². The third-order valence-electron chi connectivity index (χ3n) is 2.45. The molecule has 6 heteroatoms. The van der Waals surface area contributed by atoms with Crippen molar-refractivity contribution >= 4 is 51.8 Å². The molecule has 1 nitrogen and oxygen atoms in total. The predicted octanol–water partition coefficient (Wildman–Crippen LogP) is 6.02. The van der Waals surface area contributed by atoms with Crippen LogP contribution in [0.25, 0.3) is 0 Å². The second-order valence-corrected chi connectivity index (χ2v) is 6.49. The highest BCUT2D eigenvalue weighted by atomic mass is 35.5. The fourth-order valence-electron chi connectivity index (χ4n) is 1.57. The Balaban J connectivity index is 2.21. The summed E-state index contributed by atoms with van der Waals surface area (Å²) in [5, 5.41) is 3.40. The SMILES string of the molecule is CC(Nc1ccc(Cl)cc1F)c1cc(Cl)sc1Cl. The summed E-state index contributed by atoms with van der Waals surface area (Å²) in [6.45, 7) is 1.89. The van der Waals surface area contributed by atoms with E-state index in [2.05, 4.69) is 5.32 Å². The van der Waals surface area contributed by atoms with Crippen molar-refractivity contribution in [1.29, 1.82) is 0 Å². The molecule has 0 fully saturated rings. The van der Waals surface area contributed by atoms with Gasteiger partial charge >= 0.3 is 0 Å². The lowest BCUT2D eigenvalue weighted by atomic mass is 10.1. The zero-order valence-electron chi connectivity index (χ0n) is 9.31. The van der Waals surface area contributed by atoms with E-state index in [0.717, 1.165) is 5.56 Å². The molecular formula is C12H9Cl3FNS. The number of rotatable bonds is 3. The Hall–Kier alpha value is -0.480. The fraction of sp³-hybridized carbons (Fsp3) is 0.167. The molecule has 1 heterocycles. The number of anilines is 1. The lowest BCUT2D eigenvalue weighted by Crippen LogP contribution is -2.07. The van der Waals surface area contributed by atoms with Gasteiger partial charge in [-0.25, -0.2) is 4.39 Å². The topological polar surface area (TPSA) is 12.0 Å². The molecule has 18 heavy (non-hydrogen) atoms. The summed E-state index contributed by atoms with van der Waals surface area (Å²) in [4.78, 5) is 0. The van der Waals surface area contributed by atoms with E-state index in [-0.39, 0.29) is 6.04 Å². The van der Waals surface area contributed by atoms with Crippen molar-refractivity contribution in [1.82, 2.24) is 0 Å². The predicted molar refractivity (Wildman–Crippen MR) is 77.8 cm³/mol. The molecule has 0 amide bonds. The summed E-state index contributed by atoms with van der Waals surface area (Å²) < 4.78 is 14.8. The number of halogens is 4. The molecule has 1 aromatic heterocycles. The Morgan fingerprint density at radius 2 is 1.94 bits per heavy atom. The van der Waals surface area contributed by atoms with Crippen LogP contribution >= 0.6 is 46.1 Å². The van der Waals surface area contributed by atoms with E-state index in [0.29, 0.717) is 19.4 Å². The second kappa shape index (κ2) is 5.66. The fourth-order valence-corrected chi connectivity index (χ4v) is 3.37. The molecule has 2 rings (SSSR count). The van der Waals surface area contributed by atoms with Gasteiger partial charge in [-0.05, 0) is 31.2 Å². The van der Waals surface area contributed by atoms with Crippen LogP contribution in [-0.4, -0.2) is 0 Å². The van der Waals surface area contributed by atoms with E-state index in [1.807, 2.05) is 6.92 Å². The van der Waals surface area contributed by atoms with Crippen LogP contribution < -0.4 is 5.32 Å². The highest BCUT2D eigenvalue weighted by Crippen LogP contribution is 2.36. The maximum atomic E-state index is 13.6. The molecule has 0 saturated carbocycles. The molecule has 0 saturated heterocycles. The first-order valence-corrected chi connectivity index (χ1v) is 7.08. The normalized spacial score (nSPS) is 12.5. The first kappa shape index (κ1) is 13.9. The lowest BCUT2D eigenvalue weighted by Gasteiger charge is -2.15. The Bertz CT molecular complexity index is 570. The van der Waals surface area contributed by atoms with Crippen LogP contribution in [0.2, 0.25) is 13.7 Å². The van der Waals surface area contributed by atoms with E-state index < -0.39 is 5.82 Å². The highest BCUT2D eigenvalue weighted by Gasteiger charge is 2.14. The maximum Gasteiger partial charge on any atom is 0.147 e. The number of benzene rings is 1. The van der Waals surface area contributed by atoms with Crippen molar-refractivity contribution in [3.05, 3.63) is 49.3 Å². The molecule has 2 aromatic rings. The highest BCUT2D eigenvalue weighted by molar-refractivity contribution is 7.20. The third-order valence-corrected chi connectivity index (χ3v) is 4.21. The minimum atomic E-state index is -0.396. The molecule has 96 valence electrons. The Morgan fingerprint density at radius 1 is 1.22 bits per heavy atom. The van der Waals surface area contributed by atoms with Gasteiger partial charge in [0.1, 0.15) is 5.82 Å².